The lowest BCUT2D eigenvalue weighted by molar-refractivity contribution is 0.140. The van der Waals surface area contributed by atoms with E-state index in [2.05, 4.69) is 35.8 Å². The molecule has 2 rings (SSSR count). The molecule has 0 radical (unpaired) electrons. The van der Waals surface area contributed by atoms with Gasteiger partial charge in [0, 0.05) is 11.5 Å². The standard InChI is InChI=1S/C14H20BrNO2/c1-9(16)4-10-5-11(15)13-12(6-10)17-7-14(2,3)8-18-13/h5-6,9H,4,7-8,16H2,1-3H3. The van der Waals surface area contributed by atoms with Gasteiger partial charge >= 0.3 is 0 Å². The van der Waals surface area contributed by atoms with Crippen LogP contribution in [0.25, 0.3) is 0 Å². The smallest absolute Gasteiger partial charge is 0.175 e. The zero-order chi connectivity index (χ0) is 13.3. The van der Waals surface area contributed by atoms with E-state index in [-0.39, 0.29) is 11.5 Å². The first-order valence-electron chi connectivity index (χ1n) is 6.21. The molecule has 2 N–H and O–H groups in total. The third kappa shape index (κ3) is 3.18. The van der Waals surface area contributed by atoms with Crippen molar-refractivity contribution in [3.8, 4) is 11.5 Å². The minimum atomic E-state index is 0.0276. The predicted molar refractivity (Wildman–Crippen MR) is 76.3 cm³/mol. The first-order chi connectivity index (χ1) is 8.37. The zero-order valence-corrected chi connectivity index (χ0v) is 12.7. The number of nitrogens with two attached hydrogens (primary N) is 1. The van der Waals surface area contributed by atoms with Gasteiger partial charge < -0.3 is 15.2 Å². The molecule has 18 heavy (non-hydrogen) atoms. The highest BCUT2D eigenvalue weighted by Crippen LogP contribution is 2.40. The van der Waals surface area contributed by atoms with Gasteiger partial charge in [-0.3, -0.25) is 0 Å². The van der Waals surface area contributed by atoms with Crippen molar-refractivity contribution in [1.82, 2.24) is 0 Å². The minimum Gasteiger partial charge on any atom is -0.489 e. The Bertz CT molecular complexity index is 444. The summed E-state index contributed by atoms with van der Waals surface area (Å²) in [5, 5.41) is 0. The number of hydrogen-bond acceptors (Lipinski definition) is 3. The molecule has 1 heterocycles. The van der Waals surface area contributed by atoms with Crippen LogP contribution in [0.5, 0.6) is 11.5 Å². The minimum absolute atomic E-state index is 0.0276. The first kappa shape index (κ1) is 13.7. The summed E-state index contributed by atoms with van der Waals surface area (Å²) < 4.78 is 12.7. The van der Waals surface area contributed by atoms with Crippen molar-refractivity contribution in [3.63, 3.8) is 0 Å². The van der Waals surface area contributed by atoms with Crippen LogP contribution >= 0.6 is 15.9 Å². The van der Waals surface area contributed by atoms with E-state index in [9.17, 15) is 0 Å². The lowest BCUT2D eigenvalue weighted by atomic mass is 9.97. The van der Waals surface area contributed by atoms with Crippen LogP contribution in [-0.4, -0.2) is 19.3 Å². The Morgan fingerprint density at radius 3 is 2.67 bits per heavy atom. The highest BCUT2D eigenvalue weighted by Gasteiger charge is 2.26. The maximum Gasteiger partial charge on any atom is 0.175 e. The van der Waals surface area contributed by atoms with Crippen LogP contribution in [0.1, 0.15) is 26.3 Å². The summed E-state index contributed by atoms with van der Waals surface area (Å²) >= 11 is 3.55. The van der Waals surface area contributed by atoms with Gasteiger partial charge in [0.05, 0.1) is 17.7 Å². The predicted octanol–water partition coefficient (Wildman–Crippen LogP) is 3.14. The largest absolute Gasteiger partial charge is 0.489 e. The van der Waals surface area contributed by atoms with E-state index >= 15 is 0 Å². The summed E-state index contributed by atoms with van der Waals surface area (Å²) in [6.07, 6.45) is 0.832. The molecule has 0 aromatic heterocycles. The van der Waals surface area contributed by atoms with E-state index in [1.54, 1.807) is 0 Å². The molecule has 0 spiro atoms. The molecule has 4 heteroatoms. The van der Waals surface area contributed by atoms with Gasteiger partial charge in [-0.1, -0.05) is 13.8 Å². The van der Waals surface area contributed by atoms with Crippen LogP contribution in [0.4, 0.5) is 0 Å². The van der Waals surface area contributed by atoms with Gasteiger partial charge in [0.2, 0.25) is 0 Å². The number of rotatable bonds is 2. The van der Waals surface area contributed by atoms with Crippen molar-refractivity contribution in [3.05, 3.63) is 22.2 Å². The number of ether oxygens (including phenoxy) is 2. The van der Waals surface area contributed by atoms with Crippen molar-refractivity contribution in [1.29, 1.82) is 0 Å². The Labute approximate surface area is 117 Å². The van der Waals surface area contributed by atoms with E-state index in [0.717, 1.165) is 22.4 Å². The molecular formula is C14H20BrNO2. The average Bonchev–Trinajstić information content (AvgIpc) is 2.37. The second-order valence-electron chi connectivity index (χ2n) is 5.83. The molecule has 1 aromatic carbocycles. The molecule has 1 unspecified atom stereocenters. The maximum atomic E-state index is 5.87. The summed E-state index contributed by atoms with van der Waals surface area (Å²) in [6, 6.07) is 4.23. The van der Waals surface area contributed by atoms with Crippen LogP contribution in [0, 0.1) is 5.41 Å². The molecule has 0 aliphatic carbocycles. The van der Waals surface area contributed by atoms with E-state index in [1.807, 2.05) is 13.0 Å². The van der Waals surface area contributed by atoms with E-state index in [1.165, 1.54) is 5.56 Å². The second-order valence-corrected chi connectivity index (χ2v) is 6.68. The lowest BCUT2D eigenvalue weighted by Crippen LogP contribution is -2.26. The van der Waals surface area contributed by atoms with Gasteiger partial charge in [-0.2, -0.15) is 0 Å². The fourth-order valence-corrected chi connectivity index (χ4v) is 2.54. The summed E-state index contributed by atoms with van der Waals surface area (Å²) in [5.41, 5.74) is 7.03. The molecule has 3 nitrogen and oxygen atoms in total. The van der Waals surface area contributed by atoms with Crippen LogP contribution in [-0.2, 0) is 6.42 Å². The lowest BCUT2D eigenvalue weighted by Gasteiger charge is -2.19. The van der Waals surface area contributed by atoms with Crippen LogP contribution in [0.15, 0.2) is 16.6 Å². The molecule has 0 fully saturated rings. The Morgan fingerprint density at radius 1 is 1.33 bits per heavy atom. The second kappa shape index (κ2) is 5.10. The SMILES string of the molecule is CC(N)Cc1cc(Br)c2c(c1)OCC(C)(C)CO2. The molecule has 1 atom stereocenters. The van der Waals surface area contributed by atoms with Crippen molar-refractivity contribution in [2.75, 3.05) is 13.2 Å². The van der Waals surface area contributed by atoms with E-state index in [0.29, 0.717) is 13.2 Å². The molecule has 0 saturated carbocycles. The Hall–Kier alpha value is -0.740. The summed E-state index contributed by atoms with van der Waals surface area (Å²) in [4.78, 5) is 0. The number of hydrogen-bond donors (Lipinski definition) is 1. The summed E-state index contributed by atoms with van der Waals surface area (Å²) in [6.45, 7) is 7.59. The van der Waals surface area contributed by atoms with Crippen LogP contribution in [0.3, 0.4) is 0 Å². The monoisotopic (exact) mass is 313 g/mol. The van der Waals surface area contributed by atoms with Gasteiger partial charge in [0.15, 0.2) is 11.5 Å². The first-order valence-corrected chi connectivity index (χ1v) is 7.00. The van der Waals surface area contributed by atoms with Gasteiger partial charge in [-0.25, -0.2) is 0 Å². The molecule has 1 aromatic rings. The normalized spacial score (nSPS) is 19.2. The third-order valence-corrected chi connectivity index (χ3v) is 3.44. The molecule has 0 saturated heterocycles. The fourth-order valence-electron chi connectivity index (χ4n) is 1.94. The van der Waals surface area contributed by atoms with E-state index < -0.39 is 0 Å². The zero-order valence-electron chi connectivity index (χ0n) is 11.1. The van der Waals surface area contributed by atoms with Gasteiger partial charge in [-0.15, -0.1) is 0 Å². The van der Waals surface area contributed by atoms with Crippen molar-refractivity contribution in [2.24, 2.45) is 11.1 Å². The Balaban J connectivity index is 2.31. The van der Waals surface area contributed by atoms with Crippen molar-refractivity contribution < 1.29 is 9.47 Å². The summed E-state index contributed by atoms with van der Waals surface area (Å²) in [7, 11) is 0. The van der Waals surface area contributed by atoms with Gasteiger partial charge in [0.1, 0.15) is 0 Å². The van der Waals surface area contributed by atoms with E-state index in [4.69, 9.17) is 15.2 Å². The topological polar surface area (TPSA) is 44.5 Å². The van der Waals surface area contributed by atoms with Crippen LogP contribution in [0.2, 0.25) is 0 Å². The molecule has 1 aliphatic rings. The quantitative estimate of drug-likeness (QED) is 0.912. The van der Waals surface area contributed by atoms with Gasteiger partial charge in [0.25, 0.3) is 0 Å². The van der Waals surface area contributed by atoms with Crippen molar-refractivity contribution in [2.45, 2.75) is 33.2 Å². The van der Waals surface area contributed by atoms with Crippen molar-refractivity contribution >= 4 is 15.9 Å². The molecule has 1 aliphatic heterocycles. The molecule has 0 amide bonds. The third-order valence-electron chi connectivity index (χ3n) is 2.85. The number of fused-ring (bicyclic) bond motifs is 1. The summed E-state index contributed by atoms with van der Waals surface area (Å²) in [5.74, 6) is 1.61. The van der Waals surface area contributed by atoms with Gasteiger partial charge in [-0.05, 0) is 47.0 Å². The Morgan fingerprint density at radius 2 is 2.00 bits per heavy atom. The number of halogens is 1. The Kier molecular flexibility index (Phi) is 3.87. The maximum absolute atomic E-state index is 5.87. The average molecular weight is 314 g/mol. The highest BCUT2D eigenvalue weighted by atomic mass is 79.9. The fraction of sp³-hybridized carbons (Fsp3) is 0.571. The molecule has 0 bridgehead atoms. The number of benzene rings is 1. The van der Waals surface area contributed by atoms with Crippen LogP contribution < -0.4 is 15.2 Å². The highest BCUT2D eigenvalue weighted by molar-refractivity contribution is 9.10. The molecular weight excluding hydrogens is 294 g/mol. The molecule has 100 valence electrons.